The number of nitrogens with zero attached hydrogens (tertiary/aromatic N) is 2. The summed E-state index contributed by atoms with van der Waals surface area (Å²) >= 11 is 1.46. The molecule has 5 rings (SSSR count). The number of amides is 3. The smallest absolute Gasteiger partial charge is 0.323 e. The fraction of sp³-hybridized carbons (Fsp3) is 0.276. The van der Waals surface area contributed by atoms with Crippen LogP contribution in [0.3, 0.4) is 0 Å². The zero-order valence-electron chi connectivity index (χ0n) is 21.6. The van der Waals surface area contributed by atoms with E-state index in [2.05, 4.69) is 25.8 Å². The van der Waals surface area contributed by atoms with Crippen molar-refractivity contribution in [3.63, 3.8) is 0 Å². The van der Waals surface area contributed by atoms with Gasteiger partial charge in [-0.1, -0.05) is 6.07 Å². The third-order valence-electron chi connectivity index (χ3n) is 6.46. The van der Waals surface area contributed by atoms with Crippen molar-refractivity contribution in [2.24, 2.45) is 0 Å². The van der Waals surface area contributed by atoms with Gasteiger partial charge in [0.1, 0.15) is 17.7 Å². The van der Waals surface area contributed by atoms with Gasteiger partial charge in [-0.25, -0.2) is 9.18 Å². The van der Waals surface area contributed by atoms with Gasteiger partial charge < -0.3 is 20.7 Å². The highest BCUT2D eigenvalue weighted by Gasteiger charge is 2.23. The summed E-state index contributed by atoms with van der Waals surface area (Å²) in [4.78, 5) is 32.0. The van der Waals surface area contributed by atoms with Gasteiger partial charge >= 0.3 is 6.03 Å². The highest BCUT2D eigenvalue weighted by atomic mass is 32.1. The van der Waals surface area contributed by atoms with Gasteiger partial charge in [-0.2, -0.15) is 0 Å². The third kappa shape index (κ3) is 7.10. The lowest BCUT2D eigenvalue weighted by atomic mass is 10.2. The molecule has 1 fully saturated rings. The Labute approximate surface area is 230 Å². The number of carbonyl (C=O) groups excluding carboxylic acids is 2. The number of rotatable bonds is 9. The molecular weight excluding hydrogens is 517 g/mol. The van der Waals surface area contributed by atoms with Crippen LogP contribution in [0, 0.1) is 12.7 Å². The van der Waals surface area contributed by atoms with E-state index < -0.39 is 11.8 Å². The van der Waals surface area contributed by atoms with Gasteiger partial charge in [-0.15, -0.1) is 11.3 Å². The first kappa shape index (κ1) is 26.6. The molecule has 10 heteroatoms. The SMILES string of the molecule is Cc1ccc(F)c(NC(=O)Nc2ccc(OC3CCN(CCCNC(=O)c4cc5ncccc5s4)C3)cc2)c1. The molecule has 0 spiro atoms. The van der Waals surface area contributed by atoms with Gasteiger partial charge in [-0.3, -0.25) is 14.7 Å². The molecule has 0 saturated carbocycles. The number of halogens is 1. The van der Waals surface area contributed by atoms with Crippen LogP contribution in [0.5, 0.6) is 5.75 Å². The number of aromatic nitrogens is 1. The number of ether oxygens (including phenoxy) is 1. The minimum Gasteiger partial charge on any atom is -0.489 e. The number of hydrogen-bond acceptors (Lipinski definition) is 6. The zero-order valence-corrected chi connectivity index (χ0v) is 22.4. The lowest BCUT2D eigenvalue weighted by molar-refractivity contribution is 0.0955. The second kappa shape index (κ2) is 12.2. The molecule has 4 aromatic rings. The van der Waals surface area contributed by atoms with Crippen molar-refractivity contribution in [2.75, 3.05) is 36.8 Å². The summed E-state index contributed by atoms with van der Waals surface area (Å²) in [5.41, 5.74) is 2.41. The van der Waals surface area contributed by atoms with Crippen molar-refractivity contribution in [1.82, 2.24) is 15.2 Å². The molecule has 3 amide bonds. The number of nitrogens with one attached hydrogen (secondary N) is 3. The second-order valence-electron chi connectivity index (χ2n) is 9.52. The quantitative estimate of drug-likeness (QED) is 0.235. The monoisotopic (exact) mass is 547 g/mol. The highest BCUT2D eigenvalue weighted by Crippen LogP contribution is 2.24. The molecule has 0 aliphatic carbocycles. The molecule has 8 nitrogen and oxygen atoms in total. The molecule has 2 aromatic carbocycles. The lowest BCUT2D eigenvalue weighted by Crippen LogP contribution is -2.30. The van der Waals surface area contributed by atoms with Crippen LogP contribution in [-0.4, -0.2) is 54.1 Å². The van der Waals surface area contributed by atoms with Gasteiger partial charge in [-0.05, 0) is 86.5 Å². The molecule has 0 bridgehead atoms. The Morgan fingerprint density at radius 2 is 1.97 bits per heavy atom. The molecule has 202 valence electrons. The predicted molar refractivity (Wildman–Crippen MR) is 152 cm³/mol. The number of urea groups is 1. The zero-order chi connectivity index (χ0) is 27.2. The largest absolute Gasteiger partial charge is 0.489 e. The van der Waals surface area contributed by atoms with Crippen LogP contribution >= 0.6 is 11.3 Å². The standard InChI is InChI=1S/C29H30FN5O3S/c1-19-5-10-23(30)24(16-19)34-29(37)33-20-6-8-21(9-7-20)38-22-11-15-35(18-22)14-3-13-32-28(36)27-17-25-26(39-27)4-2-12-31-25/h2,4-10,12,16-17,22H,3,11,13-15,18H2,1H3,(H,32,36)(H2,33,34,37). The number of benzene rings is 2. The summed E-state index contributed by atoms with van der Waals surface area (Å²) in [6, 6.07) is 16.8. The first-order valence-electron chi connectivity index (χ1n) is 12.9. The van der Waals surface area contributed by atoms with Gasteiger partial charge in [0.25, 0.3) is 5.91 Å². The minimum absolute atomic E-state index is 0.0571. The van der Waals surface area contributed by atoms with Crippen molar-refractivity contribution in [3.8, 4) is 5.75 Å². The second-order valence-corrected chi connectivity index (χ2v) is 10.6. The van der Waals surface area contributed by atoms with Crippen LogP contribution in [0.1, 0.15) is 28.1 Å². The van der Waals surface area contributed by atoms with Gasteiger partial charge in [0, 0.05) is 31.5 Å². The average Bonchev–Trinajstić information content (AvgIpc) is 3.57. The molecule has 2 aromatic heterocycles. The third-order valence-corrected chi connectivity index (χ3v) is 7.55. The summed E-state index contributed by atoms with van der Waals surface area (Å²) in [5.74, 6) is 0.181. The lowest BCUT2D eigenvalue weighted by Gasteiger charge is -2.17. The van der Waals surface area contributed by atoms with E-state index in [1.54, 1.807) is 30.5 Å². The predicted octanol–water partition coefficient (Wildman–Crippen LogP) is 5.66. The van der Waals surface area contributed by atoms with Crippen molar-refractivity contribution >= 4 is 44.9 Å². The Morgan fingerprint density at radius 1 is 1.13 bits per heavy atom. The molecule has 1 saturated heterocycles. The maximum absolute atomic E-state index is 13.9. The molecule has 1 aliphatic heterocycles. The molecule has 3 heterocycles. The molecule has 1 aliphatic rings. The Balaban J connectivity index is 1.01. The highest BCUT2D eigenvalue weighted by molar-refractivity contribution is 7.20. The van der Waals surface area contributed by atoms with E-state index in [0.717, 1.165) is 54.0 Å². The van der Waals surface area contributed by atoms with Crippen LogP contribution in [0.15, 0.2) is 66.9 Å². The van der Waals surface area contributed by atoms with E-state index >= 15 is 0 Å². The molecule has 39 heavy (non-hydrogen) atoms. The molecule has 1 atom stereocenters. The summed E-state index contributed by atoms with van der Waals surface area (Å²) in [7, 11) is 0. The Hall–Kier alpha value is -4.02. The van der Waals surface area contributed by atoms with E-state index in [1.807, 2.05) is 37.3 Å². The molecule has 0 radical (unpaired) electrons. The van der Waals surface area contributed by atoms with Gasteiger partial charge in [0.05, 0.1) is 20.8 Å². The van der Waals surface area contributed by atoms with E-state index in [0.29, 0.717) is 17.1 Å². The Bertz CT molecular complexity index is 1430. The van der Waals surface area contributed by atoms with E-state index in [9.17, 15) is 14.0 Å². The average molecular weight is 548 g/mol. The number of pyridine rings is 1. The van der Waals surface area contributed by atoms with Crippen LogP contribution in [-0.2, 0) is 0 Å². The maximum Gasteiger partial charge on any atom is 0.323 e. The van der Waals surface area contributed by atoms with Crippen molar-refractivity contribution in [3.05, 3.63) is 83.1 Å². The maximum atomic E-state index is 13.9. The van der Waals surface area contributed by atoms with E-state index in [1.165, 1.54) is 17.4 Å². The van der Waals surface area contributed by atoms with E-state index in [4.69, 9.17) is 4.74 Å². The van der Waals surface area contributed by atoms with Crippen LogP contribution in [0.2, 0.25) is 0 Å². The summed E-state index contributed by atoms with van der Waals surface area (Å²) in [5, 5.41) is 8.24. The minimum atomic E-state index is -0.517. The number of hydrogen-bond donors (Lipinski definition) is 3. The van der Waals surface area contributed by atoms with Crippen LogP contribution in [0.25, 0.3) is 10.2 Å². The topological polar surface area (TPSA) is 95.6 Å². The van der Waals surface area contributed by atoms with Crippen molar-refractivity contribution in [1.29, 1.82) is 0 Å². The molecule has 1 unspecified atom stereocenters. The number of aryl methyl sites for hydroxylation is 1. The van der Waals surface area contributed by atoms with Crippen LogP contribution in [0.4, 0.5) is 20.6 Å². The summed E-state index contributed by atoms with van der Waals surface area (Å²) in [6.45, 7) is 5.09. The van der Waals surface area contributed by atoms with Gasteiger partial charge in [0.15, 0.2) is 0 Å². The summed E-state index contributed by atoms with van der Waals surface area (Å²) < 4.78 is 21.0. The Kier molecular flexibility index (Phi) is 8.33. The number of carbonyl (C=O) groups is 2. The molecular formula is C29H30FN5O3S. The first-order valence-corrected chi connectivity index (χ1v) is 13.7. The van der Waals surface area contributed by atoms with Crippen molar-refractivity contribution in [2.45, 2.75) is 25.9 Å². The van der Waals surface area contributed by atoms with Crippen molar-refractivity contribution < 1.29 is 18.7 Å². The van der Waals surface area contributed by atoms with Crippen LogP contribution < -0.4 is 20.7 Å². The fourth-order valence-corrected chi connectivity index (χ4v) is 5.43. The number of fused-ring (bicyclic) bond motifs is 1. The number of thiophene rings is 1. The Morgan fingerprint density at radius 3 is 2.79 bits per heavy atom. The fourth-order valence-electron chi connectivity index (χ4n) is 4.50. The van der Waals surface area contributed by atoms with E-state index in [-0.39, 0.29) is 17.7 Å². The van der Waals surface area contributed by atoms with Gasteiger partial charge in [0.2, 0.25) is 0 Å². The number of anilines is 2. The normalized spacial score (nSPS) is 15.3. The molecule has 3 N–H and O–H groups in total. The number of likely N-dealkylation sites (tertiary alicyclic amines) is 1. The summed E-state index contributed by atoms with van der Waals surface area (Å²) in [6.07, 6.45) is 3.59. The first-order chi connectivity index (χ1) is 18.9.